The lowest BCUT2D eigenvalue weighted by atomic mass is 9.94. The van der Waals surface area contributed by atoms with E-state index in [2.05, 4.69) is 15.6 Å². The zero-order chi connectivity index (χ0) is 31.1. The van der Waals surface area contributed by atoms with Gasteiger partial charge < -0.3 is 25.5 Å². The lowest BCUT2D eigenvalue weighted by Gasteiger charge is -2.32. The number of aliphatic carboxylic acids is 1. The Hall–Kier alpha value is -3.73. The van der Waals surface area contributed by atoms with Gasteiger partial charge in [-0.3, -0.25) is 14.6 Å². The van der Waals surface area contributed by atoms with Crippen molar-refractivity contribution in [1.29, 1.82) is 0 Å². The van der Waals surface area contributed by atoms with Gasteiger partial charge in [0.15, 0.2) is 5.11 Å². The van der Waals surface area contributed by atoms with Crippen LogP contribution in [0.4, 0.5) is 11.4 Å². The number of hydrogen-bond acceptors (Lipinski definition) is 5. The fourth-order valence-electron chi connectivity index (χ4n) is 5.11. The van der Waals surface area contributed by atoms with Gasteiger partial charge >= 0.3 is 5.97 Å². The molecule has 0 bridgehead atoms. The molecule has 0 radical (unpaired) electrons. The summed E-state index contributed by atoms with van der Waals surface area (Å²) < 4.78 is 0. The molecule has 12 heteroatoms. The van der Waals surface area contributed by atoms with E-state index in [1.165, 1.54) is 18.8 Å². The van der Waals surface area contributed by atoms with Crippen molar-refractivity contribution in [1.82, 2.24) is 15.2 Å². The minimum atomic E-state index is -1.09. The van der Waals surface area contributed by atoms with Crippen LogP contribution in [-0.2, 0) is 11.2 Å². The van der Waals surface area contributed by atoms with Crippen LogP contribution in [0, 0.1) is 0 Å². The predicted octanol–water partition coefficient (Wildman–Crippen LogP) is 6.05. The van der Waals surface area contributed by atoms with Gasteiger partial charge in [-0.1, -0.05) is 66.7 Å². The second-order valence-electron chi connectivity index (χ2n) is 10.5. The fraction of sp³-hybridized carbons (Fsp3) is 0.323. The lowest BCUT2D eigenvalue weighted by molar-refractivity contribution is -0.139. The summed E-state index contributed by atoms with van der Waals surface area (Å²) in [6.07, 6.45) is 8.17. The Labute approximate surface area is 266 Å². The number of hydrogen-bond donors (Lipinski definition) is 3. The van der Waals surface area contributed by atoms with Crippen LogP contribution in [-0.4, -0.2) is 64.1 Å². The van der Waals surface area contributed by atoms with Crippen molar-refractivity contribution in [3.63, 3.8) is 0 Å². The van der Waals surface area contributed by atoms with E-state index in [0.29, 0.717) is 22.5 Å². The maximum Gasteiger partial charge on any atom is 0.326 e. The van der Waals surface area contributed by atoms with Crippen molar-refractivity contribution >= 4 is 69.7 Å². The van der Waals surface area contributed by atoms with Gasteiger partial charge in [0.05, 0.1) is 26.9 Å². The molecule has 1 aliphatic carbocycles. The van der Waals surface area contributed by atoms with Gasteiger partial charge in [-0.25, -0.2) is 4.79 Å². The standard InChI is InChI=1S/C31H33Cl2N5O4S/c1-37(21-8-4-3-5-9-21)29(40)22-10-6-7-11-26(22)38(2)31(43)36-25(30(41)42)16-19-12-14-20(15-13-19)35-28(39)27-23(32)17-34-18-24(27)33/h6-7,10-15,17-18,21,25H,3-5,8-9,16H2,1-2H3,(H,35,39)(H,36,43)(H,41,42)/t25-/m0/s1. The van der Waals surface area contributed by atoms with Gasteiger partial charge in [0.1, 0.15) is 6.04 Å². The number of nitrogens with zero attached hydrogens (tertiary/aromatic N) is 3. The van der Waals surface area contributed by atoms with Crippen molar-refractivity contribution < 1.29 is 19.5 Å². The third-order valence-corrected chi connectivity index (χ3v) is 8.54. The van der Waals surface area contributed by atoms with E-state index in [-0.39, 0.29) is 39.1 Å². The highest BCUT2D eigenvalue weighted by Gasteiger charge is 2.27. The Kier molecular flexibility index (Phi) is 11.0. The molecule has 3 aromatic rings. The first kappa shape index (κ1) is 32.2. The molecule has 1 aliphatic rings. The first-order chi connectivity index (χ1) is 20.6. The molecule has 0 saturated heterocycles. The van der Waals surface area contributed by atoms with Gasteiger partial charge in [-0.05, 0) is 54.9 Å². The monoisotopic (exact) mass is 641 g/mol. The van der Waals surface area contributed by atoms with Crippen molar-refractivity contribution in [2.45, 2.75) is 50.6 Å². The number of halogens is 2. The van der Waals surface area contributed by atoms with Crippen LogP contribution >= 0.6 is 35.4 Å². The molecular formula is C31H33Cl2N5O4S. The normalized spacial score (nSPS) is 14.0. The summed E-state index contributed by atoms with van der Waals surface area (Å²) >= 11 is 17.7. The summed E-state index contributed by atoms with van der Waals surface area (Å²) in [6.45, 7) is 0. The predicted molar refractivity (Wildman–Crippen MR) is 173 cm³/mol. The highest BCUT2D eigenvalue weighted by atomic mass is 35.5. The van der Waals surface area contributed by atoms with Crippen LogP contribution < -0.4 is 15.5 Å². The van der Waals surface area contributed by atoms with Gasteiger partial charge in [0.2, 0.25) is 0 Å². The van der Waals surface area contributed by atoms with Crippen LogP contribution in [0.25, 0.3) is 0 Å². The molecule has 0 aliphatic heterocycles. The number of anilines is 2. The zero-order valence-electron chi connectivity index (χ0n) is 23.8. The van der Waals surface area contributed by atoms with E-state index in [1.807, 2.05) is 24.1 Å². The molecule has 9 nitrogen and oxygen atoms in total. The van der Waals surface area contributed by atoms with Crippen LogP contribution in [0.3, 0.4) is 0 Å². The van der Waals surface area contributed by atoms with E-state index in [1.54, 1.807) is 48.3 Å². The van der Waals surface area contributed by atoms with E-state index in [0.717, 1.165) is 25.7 Å². The number of carboxylic acid groups (broad SMARTS) is 1. The topological polar surface area (TPSA) is 115 Å². The third kappa shape index (κ3) is 8.01. The number of nitrogens with one attached hydrogen (secondary N) is 2. The number of aromatic nitrogens is 1. The Morgan fingerprint density at radius 2 is 1.63 bits per heavy atom. The maximum absolute atomic E-state index is 13.5. The van der Waals surface area contributed by atoms with E-state index < -0.39 is 17.9 Å². The molecule has 1 saturated carbocycles. The number of amides is 2. The van der Waals surface area contributed by atoms with Gasteiger partial charge in [0, 0.05) is 44.6 Å². The highest BCUT2D eigenvalue weighted by Crippen LogP contribution is 2.27. The van der Waals surface area contributed by atoms with Gasteiger partial charge in [-0.2, -0.15) is 0 Å². The SMILES string of the molecule is CN(C(=S)N[C@@H](Cc1ccc(NC(=O)c2c(Cl)cncc2Cl)cc1)C(=O)O)c1ccccc1C(=O)N(C)C1CCCCC1. The summed E-state index contributed by atoms with van der Waals surface area (Å²) in [4.78, 5) is 45.6. The Bertz CT molecular complexity index is 1480. The van der Waals surface area contributed by atoms with E-state index in [4.69, 9.17) is 35.4 Å². The maximum atomic E-state index is 13.5. The minimum Gasteiger partial charge on any atom is -0.480 e. The Balaban J connectivity index is 1.42. The summed E-state index contributed by atoms with van der Waals surface area (Å²) in [5, 5.41) is 16.0. The molecule has 226 valence electrons. The molecule has 4 rings (SSSR count). The molecular weight excluding hydrogens is 609 g/mol. The number of carbonyl (C=O) groups excluding carboxylic acids is 2. The first-order valence-electron chi connectivity index (χ1n) is 13.9. The van der Waals surface area contributed by atoms with E-state index >= 15 is 0 Å². The van der Waals surface area contributed by atoms with Crippen LogP contribution in [0.2, 0.25) is 10.0 Å². The van der Waals surface area contributed by atoms with Crippen LogP contribution in [0.1, 0.15) is 58.4 Å². The molecule has 1 heterocycles. The van der Waals surface area contributed by atoms with Crippen molar-refractivity contribution in [3.05, 3.63) is 87.7 Å². The summed E-state index contributed by atoms with van der Waals surface area (Å²) in [5.41, 5.74) is 2.38. The molecule has 1 fully saturated rings. The van der Waals surface area contributed by atoms with Gasteiger partial charge in [0.25, 0.3) is 11.8 Å². The largest absolute Gasteiger partial charge is 0.480 e. The highest BCUT2D eigenvalue weighted by molar-refractivity contribution is 7.80. The average Bonchev–Trinajstić information content (AvgIpc) is 3.00. The molecule has 1 aromatic heterocycles. The zero-order valence-corrected chi connectivity index (χ0v) is 26.2. The third-order valence-electron chi connectivity index (χ3n) is 7.57. The number of carbonyl (C=O) groups is 3. The van der Waals surface area contributed by atoms with Crippen molar-refractivity contribution in [3.8, 4) is 0 Å². The molecule has 43 heavy (non-hydrogen) atoms. The Morgan fingerprint density at radius 1 is 1.00 bits per heavy atom. The lowest BCUT2D eigenvalue weighted by Crippen LogP contribution is -2.48. The number of benzene rings is 2. The van der Waals surface area contributed by atoms with Crippen LogP contribution in [0.5, 0.6) is 0 Å². The molecule has 2 amide bonds. The fourth-order valence-corrected chi connectivity index (χ4v) is 5.89. The number of pyridine rings is 1. The number of carboxylic acids is 1. The number of thiocarbonyl (C=S) groups is 1. The van der Waals surface area contributed by atoms with Crippen molar-refractivity contribution in [2.24, 2.45) is 0 Å². The molecule has 1 atom stereocenters. The molecule has 0 unspecified atom stereocenters. The minimum absolute atomic E-state index is 0.0902. The summed E-state index contributed by atoms with van der Waals surface area (Å²) in [6, 6.07) is 13.1. The molecule has 3 N–H and O–H groups in total. The quantitative estimate of drug-likeness (QED) is 0.242. The summed E-state index contributed by atoms with van der Waals surface area (Å²) in [7, 11) is 3.55. The first-order valence-corrected chi connectivity index (χ1v) is 15.1. The smallest absolute Gasteiger partial charge is 0.326 e. The second kappa shape index (κ2) is 14.6. The Morgan fingerprint density at radius 3 is 2.26 bits per heavy atom. The second-order valence-corrected chi connectivity index (χ2v) is 11.7. The average molecular weight is 643 g/mol. The molecule has 2 aromatic carbocycles. The number of rotatable bonds is 9. The van der Waals surface area contributed by atoms with Crippen LogP contribution in [0.15, 0.2) is 60.9 Å². The van der Waals surface area contributed by atoms with E-state index in [9.17, 15) is 19.5 Å². The number of para-hydroxylation sites is 1. The van der Waals surface area contributed by atoms with Gasteiger partial charge in [-0.15, -0.1) is 0 Å². The molecule has 0 spiro atoms. The summed E-state index contributed by atoms with van der Waals surface area (Å²) in [5.74, 6) is -1.67. The van der Waals surface area contributed by atoms with Crippen molar-refractivity contribution in [2.75, 3.05) is 24.3 Å².